The fraction of sp³-hybridized carbons (Fsp3) is 0.278. The number of methoxy groups -OCH3 is 3. The van der Waals surface area contributed by atoms with Gasteiger partial charge in [0.2, 0.25) is 0 Å². The van der Waals surface area contributed by atoms with E-state index in [2.05, 4.69) is 0 Å². The van der Waals surface area contributed by atoms with Crippen LogP contribution < -0.4 is 14.2 Å². The summed E-state index contributed by atoms with van der Waals surface area (Å²) >= 11 is 0. The number of para-hydroxylation sites is 1. The number of carboxylic acids is 1. The molecule has 0 radical (unpaired) electrons. The van der Waals surface area contributed by atoms with Crippen LogP contribution in [-0.4, -0.2) is 32.4 Å². The van der Waals surface area contributed by atoms with Gasteiger partial charge in [-0.1, -0.05) is 24.3 Å². The Morgan fingerprint density at radius 1 is 1.04 bits per heavy atom. The van der Waals surface area contributed by atoms with Crippen LogP contribution in [0, 0.1) is 0 Å². The molecule has 0 aliphatic rings. The second kappa shape index (κ2) is 7.54. The Morgan fingerprint density at radius 2 is 1.78 bits per heavy atom. The van der Waals surface area contributed by atoms with Gasteiger partial charge in [-0.15, -0.1) is 0 Å². The van der Waals surface area contributed by atoms with Crippen LogP contribution in [0.15, 0.2) is 42.5 Å². The van der Waals surface area contributed by atoms with E-state index in [0.29, 0.717) is 29.2 Å². The van der Waals surface area contributed by atoms with Gasteiger partial charge in [-0.25, -0.2) is 0 Å². The van der Waals surface area contributed by atoms with E-state index in [0.717, 1.165) is 5.56 Å². The molecule has 23 heavy (non-hydrogen) atoms. The van der Waals surface area contributed by atoms with Crippen LogP contribution in [-0.2, 0) is 11.2 Å². The van der Waals surface area contributed by atoms with Crippen LogP contribution in [0.2, 0.25) is 0 Å². The van der Waals surface area contributed by atoms with E-state index in [1.165, 1.54) is 0 Å². The highest BCUT2D eigenvalue weighted by molar-refractivity contribution is 5.77. The molecule has 5 heteroatoms. The number of carbonyl (C=O) groups is 1. The molecule has 0 bridgehead atoms. The molecule has 1 unspecified atom stereocenters. The second-order valence-electron chi connectivity index (χ2n) is 5.02. The Balaban J connectivity index is 2.39. The quantitative estimate of drug-likeness (QED) is 0.850. The highest BCUT2D eigenvalue weighted by atomic mass is 16.5. The van der Waals surface area contributed by atoms with Gasteiger partial charge in [0, 0.05) is 0 Å². The van der Waals surface area contributed by atoms with Gasteiger partial charge in [-0.05, 0) is 35.7 Å². The van der Waals surface area contributed by atoms with Crippen LogP contribution in [0.1, 0.15) is 17.0 Å². The molecule has 0 fully saturated rings. The summed E-state index contributed by atoms with van der Waals surface area (Å²) in [5.74, 6) is 0.171. The average molecular weight is 316 g/mol. The first-order valence-corrected chi connectivity index (χ1v) is 7.17. The molecule has 1 atom stereocenters. The smallest absolute Gasteiger partial charge is 0.311 e. The lowest BCUT2D eigenvalue weighted by atomic mass is 9.91. The van der Waals surface area contributed by atoms with E-state index in [1.54, 1.807) is 51.7 Å². The third-order valence-corrected chi connectivity index (χ3v) is 3.70. The molecule has 1 N–H and O–H groups in total. The second-order valence-corrected chi connectivity index (χ2v) is 5.02. The van der Waals surface area contributed by atoms with E-state index in [-0.39, 0.29) is 0 Å². The topological polar surface area (TPSA) is 65.0 Å². The molecule has 0 spiro atoms. The SMILES string of the molecule is COc1cccc(C(Cc2cccc(OC)c2OC)C(=O)O)c1. The Labute approximate surface area is 135 Å². The molecule has 2 aromatic carbocycles. The number of hydrogen-bond donors (Lipinski definition) is 1. The number of rotatable bonds is 7. The standard InChI is InChI=1S/C18H20O5/c1-21-14-8-4-6-12(10-14)15(18(19)20)11-13-7-5-9-16(22-2)17(13)23-3/h4-10,15H,11H2,1-3H3,(H,19,20). The molecule has 0 saturated heterocycles. The van der Waals surface area contributed by atoms with E-state index < -0.39 is 11.9 Å². The zero-order valence-corrected chi connectivity index (χ0v) is 13.4. The minimum Gasteiger partial charge on any atom is -0.497 e. The summed E-state index contributed by atoms with van der Waals surface area (Å²) in [6, 6.07) is 12.5. The lowest BCUT2D eigenvalue weighted by Crippen LogP contribution is -2.15. The molecule has 2 rings (SSSR count). The molecule has 0 aliphatic heterocycles. The highest BCUT2D eigenvalue weighted by Crippen LogP contribution is 2.34. The summed E-state index contributed by atoms with van der Waals surface area (Å²) < 4.78 is 15.8. The molecule has 122 valence electrons. The summed E-state index contributed by atoms with van der Waals surface area (Å²) in [5, 5.41) is 9.63. The van der Waals surface area contributed by atoms with Crippen molar-refractivity contribution in [2.45, 2.75) is 12.3 Å². The van der Waals surface area contributed by atoms with Crippen LogP contribution in [0.4, 0.5) is 0 Å². The van der Waals surface area contributed by atoms with Crippen LogP contribution in [0.3, 0.4) is 0 Å². The Bertz CT molecular complexity index is 681. The highest BCUT2D eigenvalue weighted by Gasteiger charge is 2.23. The molecule has 0 amide bonds. The fourth-order valence-electron chi connectivity index (χ4n) is 2.54. The van der Waals surface area contributed by atoms with Crippen molar-refractivity contribution in [2.75, 3.05) is 21.3 Å². The van der Waals surface area contributed by atoms with Crippen molar-refractivity contribution < 1.29 is 24.1 Å². The molecule has 0 aliphatic carbocycles. The third-order valence-electron chi connectivity index (χ3n) is 3.70. The zero-order chi connectivity index (χ0) is 16.8. The van der Waals surface area contributed by atoms with Crippen molar-refractivity contribution in [1.82, 2.24) is 0 Å². The maximum Gasteiger partial charge on any atom is 0.311 e. The third kappa shape index (κ3) is 3.74. The van der Waals surface area contributed by atoms with Crippen LogP contribution in [0.5, 0.6) is 17.2 Å². The maximum absolute atomic E-state index is 11.7. The van der Waals surface area contributed by atoms with Gasteiger partial charge in [0.15, 0.2) is 11.5 Å². The minimum absolute atomic E-state index is 0.295. The lowest BCUT2D eigenvalue weighted by Gasteiger charge is -2.17. The van der Waals surface area contributed by atoms with Gasteiger partial charge >= 0.3 is 5.97 Å². The van der Waals surface area contributed by atoms with Crippen molar-refractivity contribution in [2.24, 2.45) is 0 Å². The van der Waals surface area contributed by atoms with E-state index in [1.807, 2.05) is 12.1 Å². The van der Waals surface area contributed by atoms with Gasteiger partial charge in [0.1, 0.15) is 5.75 Å². The first-order chi connectivity index (χ1) is 11.1. The molecule has 0 saturated carbocycles. The summed E-state index contributed by atoms with van der Waals surface area (Å²) in [4.78, 5) is 11.7. The Kier molecular flexibility index (Phi) is 5.46. The van der Waals surface area contributed by atoms with E-state index in [4.69, 9.17) is 14.2 Å². The number of carboxylic acid groups (broad SMARTS) is 1. The molecule has 0 aromatic heterocycles. The van der Waals surface area contributed by atoms with Crippen molar-refractivity contribution >= 4 is 5.97 Å². The van der Waals surface area contributed by atoms with Crippen molar-refractivity contribution in [1.29, 1.82) is 0 Å². The monoisotopic (exact) mass is 316 g/mol. The summed E-state index contributed by atoms with van der Waals surface area (Å²) in [7, 11) is 4.65. The van der Waals surface area contributed by atoms with Crippen LogP contribution in [0.25, 0.3) is 0 Å². The Morgan fingerprint density at radius 3 is 2.39 bits per heavy atom. The van der Waals surface area contributed by atoms with Crippen LogP contribution >= 0.6 is 0 Å². The zero-order valence-electron chi connectivity index (χ0n) is 13.4. The van der Waals surface area contributed by atoms with E-state index in [9.17, 15) is 9.90 Å². The van der Waals surface area contributed by atoms with Gasteiger partial charge in [-0.2, -0.15) is 0 Å². The minimum atomic E-state index is -0.900. The summed E-state index contributed by atoms with van der Waals surface area (Å²) in [6.45, 7) is 0. The van der Waals surface area contributed by atoms with Gasteiger partial charge in [0.05, 0.1) is 27.2 Å². The normalized spacial score (nSPS) is 11.6. The Hall–Kier alpha value is -2.69. The van der Waals surface area contributed by atoms with E-state index >= 15 is 0 Å². The molecule has 2 aromatic rings. The maximum atomic E-state index is 11.7. The molecular formula is C18H20O5. The van der Waals surface area contributed by atoms with Gasteiger partial charge < -0.3 is 19.3 Å². The number of ether oxygens (including phenoxy) is 3. The first-order valence-electron chi connectivity index (χ1n) is 7.17. The van der Waals surface area contributed by atoms with Crippen molar-refractivity contribution in [3.05, 3.63) is 53.6 Å². The predicted octanol–water partition coefficient (Wildman–Crippen LogP) is 3.12. The molecule has 0 heterocycles. The molecule has 5 nitrogen and oxygen atoms in total. The number of aliphatic carboxylic acids is 1. The van der Waals surface area contributed by atoms with Crippen molar-refractivity contribution in [3.8, 4) is 17.2 Å². The first kappa shape index (κ1) is 16.7. The average Bonchev–Trinajstić information content (AvgIpc) is 2.58. The lowest BCUT2D eigenvalue weighted by molar-refractivity contribution is -0.138. The number of benzene rings is 2. The predicted molar refractivity (Wildman–Crippen MR) is 86.6 cm³/mol. The largest absolute Gasteiger partial charge is 0.497 e. The molecular weight excluding hydrogens is 296 g/mol. The number of hydrogen-bond acceptors (Lipinski definition) is 4. The summed E-state index contributed by atoms with van der Waals surface area (Å²) in [5.41, 5.74) is 1.46. The summed E-state index contributed by atoms with van der Waals surface area (Å²) in [6.07, 6.45) is 0.295. The van der Waals surface area contributed by atoms with Gasteiger partial charge in [0.25, 0.3) is 0 Å². The fourth-order valence-corrected chi connectivity index (χ4v) is 2.54. The van der Waals surface area contributed by atoms with Gasteiger partial charge in [-0.3, -0.25) is 4.79 Å². The van der Waals surface area contributed by atoms with Crippen molar-refractivity contribution in [3.63, 3.8) is 0 Å².